The molecule has 0 spiro atoms. The summed E-state index contributed by atoms with van der Waals surface area (Å²) >= 11 is 5.78. The molecule has 4 heteroatoms. The maximum atomic E-state index is 11.4. The minimum absolute atomic E-state index is 0.129. The van der Waals surface area contributed by atoms with Crippen LogP contribution in [0.15, 0.2) is 18.2 Å². The van der Waals surface area contributed by atoms with Crippen LogP contribution in [0.5, 0.6) is 0 Å². The van der Waals surface area contributed by atoms with Gasteiger partial charge in [0.05, 0.1) is 11.3 Å². The van der Waals surface area contributed by atoms with Gasteiger partial charge in [-0.15, -0.1) is 0 Å². The molecule has 78 valence electrons. The van der Waals surface area contributed by atoms with E-state index in [1.165, 1.54) is 0 Å². The monoisotopic (exact) mass is 222 g/mol. The number of benzene rings is 1. The van der Waals surface area contributed by atoms with E-state index >= 15 is 0 Å². The van der Waals surface area contributed by atoms with Crippen molar-refractivity contribution in [2.75, 3.05) is 5.32 Å². The molecule has 3 nitrogen and oxygen atoms in total. The lowest BCUT2D eigenvalue weighted by Crippen LogP contribution is -2.18. The van der Waals surface area contributed by atoms with Gasteiger partial charge in [-0.05, 0) is 18.2 Å². The van der Waals surface area contributed by atoms with Gasteiger partial charge in [-0.3, -0.25) is 4.79 Å². The van der Waals surface area contributed by atoms with E-state index in [-0.39, 0.29) is 11.8 Å². The summed E-state index contributed by atoms with van der Waals surface area (Å²) in [5.41, 5.74) is 0.872. The maximum absolute atomic E-state index is 11.4. The Morgan fingerprint density at radius 3 is 2.73 bits per heavy atom. The second-order valence-corrected chi connectivity index (χ2v) is 3.88. The number of amides is 1. The fourth-order valence-electron chi connectivity index (χ4n) is 0.994. The van der Waals surface area contributed by atoms with Crippen LogP contribution in [-0.2, 0) is 4.79 Å². The van der Waals surface area contributed by atoms with Crippen molar-refractivity contribution in [1.82, 2.24) is 0 Å². The van der Waals surface area contributed by atoms with E-state index in [2.05, 4.69) is 5.32 Å². The van der Waals surface area contributed by atoms with Crippen molar-refractivity contribution in [2.24, 2.45) is 5.92 Å². The number of hydrogen-bond acceptors (Lipinski definition) is 2. The van der Waals surface area contributed by atoms with Crippen LogP contribution < -0.4 is 5.32 Å². The lowest BCUT2D eigenvalue weighted by molar-refractivity contribution is -0.118. The second kappa shape index (κ2) is 4.81. The highest BCUT2D eigenvalue weighted by Crippen LogP contribution is 2.20. The van der Waals surface area contributed by atoms with Crippen LogP contribution in [0.4, 0.5) is 5.69 Å². The Morgan fingerprint density at radius 2 is 2.20 bits per heavy atom. The normalized spacial score (nSPS) is 9.80. The lowest BCUT2D eigenvalue weighted by atomic mass is 10.1. The predicted octanol–water partition coefficient (Wildman–Crippen LogP) is 2.81. The van der Waals surface area contributed by atoms with E-state index in [0.29, 0.717) is 16.3 Å². The molecule has 1 N–H and O–H groups in total. The van der Waals surface area contributed by atoms with Gasteiger partial charge < -0.3 is 5.32 Å². The molecule has 0 aliphatic carbocycles. The molecule has 0 fully saturated rings. The molecule has 1 aromatic carbocycles. The molecule has 0 aliphatic heterocycles. The molecule has 0 saturated carbocycles. The topological polar surface area (TPSA) is 52.9 Å². The number of carbonyl (C=O) groups excluding carboxylic acids is 1. The summed E-state index contributed by atoms with van der Waals surface area (Å²) in [4.78, 5) is 11.4. The quantitative estimate of drug-likeness (QED) is 0.837. The Kier molecular flexibility index (Phi) is 3.70. The molecule has 1 rings (SSSR count). The van der Waals surface area contributed by atoms with Crippen LogP contribution in [0.25, 0.3) is 0 Å². The largest absolute Gasteiger partial charge is 0.325 e. The maximum Gasteiger partial charge on any atom is 0.226 e. The van der Waals surface area contributed by atoms with Gasteiger partial charge in [0.1, 0.15) is 6.07 Å². The van der Waals surface area contributed by atoms with E-state index in [0.717, 1.165) is 0 Å². The van der Waals surface area contributed by atoms with Gasteiger partial charge in [-0.2, -0.15) is 5.26 Å². The highest BCUT2D eigenvalue weighted by atomic mass is 35.5. The molecule has 0 radical (unpaired) electrons. The van der Waals surface area contributed by atoms with Crippen molar-refractivity contribution < 1.29 is 4.79 Å². The van der Waals surface area contributed by atoms with Crippen molar-refractivity contribution in [2.45, 2.75) is 13.8 Å². The SMILES string of the molecule is CC(C)C(=O)Nc1cc(Cl)ccc1C#N. The molecule has 0 unspecified atom stereocenters. The summed E-state index contributed by atoms with van der Waals surface area (Å²) in [6.45, 7) is 3.57. The highest BCUT2D eigenvalue weighted by Gasteiger charge is 2.10. The molecule has 1 amide bonds. The van der Waals surface area contributed by atoms with Crippen LogP contribution in [0, 0.1) is 17.2 Å². The molecule has 0 aliphatic rings. The van der Waals surface area contributed by atoms with Crippen LogP contribution in [0.1, 0.15) is 19.4 Å². The average molecular weight is 223 g/mol. The van der Waals surface area contributed by atoms with Gasteiger partial charge in [-0.25, -0.2) is 0 Å². The van der Waals surface area contributed by atoms with Gasteiger partial charge in [0.2, 0.25) is 5.91 Å². The standard InChI is InChI=1S/C11H11ClN2O/c1-7(2)11(15)14-10-5-9(12)4-3-8(10)6-13/h3-5,7H,1-2H3,(H,14,15). The number of nitrogens with zero attached hydrogens (tertiary/aromatic N) is 1. The first-order valence-corrected chi connectivity index (χ1v) is 4.93. The van der Waals surface area contributed by atoms with Crippen molar-refractivity contribution in [1.29, 1.82) is 5.26 Å². The van der Waals surface area contributed by atoms with E-state index in [4.69, 9.17) is 16.9 Å². The van der Waals surface area contributed by atoms with Gasteiger partial charge in [0, 0.05) is 10.9 Å². The fraction of sp³-hybridized carbons (Fsp3) is 0.273. The Bertz CT molecular complexity index is 421. The lowest BCUT2D eigenvalue weighted by Gasteiger charge is -2.09. The first-order valence-electron chi connectivity index (χ1n) is 4.55. The molecule has 0 bridgehead atoms. The zero-order valence-electron chi connectivity index (χ0n) is 8.54. The molecule has 15 heavy (non-hydrogen) atoms. The van der Waals surface area contributed by atoms with E-state index in [1.54, 1.807) is 32.0 Å². The van der Waals surface area contributed by atoms with Crippen LogP contribution in [0.2, 0.25) is 5.02 Å². The third kappa shape index (κ3) is 2.97. The Hall–Kier alpha value is -1.53. The summed E-state index contributed by atoms with van der Waals surface area (Å²) in [5, 5.41) is 12.0. The number of nitrogens with one attached hydrogen (secondary N) is 1. The summed E-state index contributed by atoms with van der Waals surface area (Å²) in [6, 6.07) is 6.76. The van der Waals surface area contributed by atoms with Gasteiger partial charge in [-0.1, -0.05) is 25.4 Å². The van der Waals surface area contributed by atoms with Crippen LogP contribution in [-0.4, -0.2) is 5.91 Å². The van der Waals surface area contributed by atoms with E-state index in [1.807, 2.05) is 6.07 Å². The minimum atomic E-state index is -0.131. The summed E-state index contributed by atoms with van der Waals surface area (Å²) in [7, 11) is 0. The van der Waals surface area contributed by atoms with Crippen molar-refractivity contribution in [3.8, 4) is 6.07 Å². The van der Waals surface area contributed by atoms with E-state index in [9.17, 15) is 4.79 Å². The highest BCUT2D eigenvalue weighted by molar-refractivity contribution is 6.31. The number of halogens is 1. The number of rotatable bonds is 2. The summed E-state index contributed by atoms with van der Waals surface area (Å²) in [5.74, 6) is -0.260. The molecule has 0 heterocycles. The average Bonchev–Trinajstić information content (AvgIpc) is 2.18. The number of hydrogen-bond donors (Lipinski definition) is 1. The Morgan fingerprint density at radius 1 is 1.53 bits per heavy atom. The third-order valence-corrected chi connectivity index (χ3v) is 2.12. The van der Waals surface area contributed by atoms with Crippen LogP contribution in [0.3, 0.4) is 0 Å². The first-order chi connectivity index (χ1) is 7.04. The molecule has 1 aromatic rings. The molecule has 0 saturated heterocycles. The second-order valence-electron chi connectivity index (χ2n) is 3.45. The Balaban J connectivity index is 2.98. The predicted molar refractivity (Wildman–Crippen MR) is 59.6 cm³/mol. The van der Waals surface area contributed by atoms with Gasteiger partial charge in [0.15, 0.2) is 0 Å². The molecule has 0 atom stereocenters. The number of anilines is 1. The van der Waals surface area contributed by atoms with Crippen LogP contribution >= 0.6 is 11.6 Å². The van der Waals surface area contributed by atoms with Gasteiger partial charge in [0.25, 0.3) is 0 Å². The molecular weight excluding hydrogens is 212 g/mol. The van der Waals surface area contributed by atoms with Crippen molar-refractivity contribution in [3.05, 3.63) is 28.8 Å². The Labute approximate surface area is 93.7 Å². The molecular formula is C11H11ClN2O. The third-order valence-electron chi connectivity index (χ3n) is 1.88. The van der Waals surface area contributed by atoms with Gasteiger partial charge >= 0.3 is 0 Å². The number of carbonyl (C=O) groups is 1. The zero-order valence-corrected chi connectivity index (χ0v) is 9.30. The minimum Gasteiger partial charge on any atom is -0.325 e. The summed E-state index contributed by atoms with van der Waals surface area (Å²) in [6.07, 6.45) is 0. The summed E-state index contributed by atoms with van der Waals surface area (Å²) < 4.78 is 0. The molecule has 0 aromatic heterocycles. The first kappa shape index (κ1) is 11.5. The van der Waals surface area contributed by atoms with Crippen molar-refractivity contribution in [3.63, 3.8) is 0 Å². The zero-order chi connectivity index (χ0) is 11.4. The fourth-order valence-corrected chi connectivity index (χ4v) is 1.17. The van der Waals surface area contributed by atoms with E-state index < -0.39 is 0 Å². The van der Waals surface area contributed by atoms with Crippen molar-refractivity contribution >= 4 is 23.2 Å². The smallest absolute Gasteiger partial charge is 0.226 e. The number of nitriles is 1.